The van der Waals surface area contributed by atoms with E-state index >= 15 is 9.59 Å². The molecule has 2 spiro atoms. The summed E-state index contributed by atoms with van der Waals surface area (Å²) in [5.74, 6) is 2.93. The van der Waals surface area contributed by atoms with Crippen LogP contribution in [0.15, 0.2) is 146 Å². The smallest absolute Gasteiger partial charge is 0.261 e. The first-order chi connectivity index (χ1) is 30.4. The number of hydrogen-bond donors (Lipinski definition) is 0. The summed E-state index contributed by atoms with van der Waals surface area (Å²) in [5, 5.41) is 0. The van der Waals surface area contributed by atoms with Gasteiger partial charge in [0.15, 0.2) is 0 Å². The fourth-order valence-electron chi connectivity index (χ4n) is 10.5. The Labute approximate surface area is 360 Å². The number of hydrogen-bond acceptors (Lipinski definition) is 8. The predicted octanol–water partition coefficient (Wildman–Crippen LogP) is 10.3. The van der Waals surface area contributed by atoms with E-state index in [-0.39, 0.29) is 11.8 Å². The van der Waals surface area contributed by atoms with Gasteiger partial charge in [-0.25, -0.2) is 9.97 Å². The summed E-state index contributed by atoms with van der Waals surface area (Å²) < 4.78 is 14.2. The van der Waals surface area contributed by atoms with E-state index in [1.807, 2.05) is 101 Å². The number of rotatable bonds is 8. The molecule has 62 heavy (non-hydrogen) atoms. The van der Waals surface area contributed by atoms with Gasteiger partial charge in [-0.1, -0.05) is 60.7 Å². The number of pyridine rings is 2. The number of benzene rings is 5. The lowest BCUT2D eigenvalue weighted by Crippen LogP contribution is -2.50. The van der Waals surface area contributed by atoms with Gasteiger partial charge in [-0.15, -0.1) is 0 Å². The number of ether oxygens (including phenoxy) is 2. The lowest BCUT2D eigenvalue weighted by atomic mass is 9.70. The topological polar surface area (TPSA) is 91.3 Å². The SMILES string of the molecule is CCN(CC)c1ccc2c(c1)Oc1cc3c(cc1C21c2ccccc2C(=O)N1c1ccccn1)C1(c2ccc(N(CC)CC)cc2O3)c2ccccc2C(=O)N1c1ccccn1. The fraction of sp³-hybridized carbons (Fsp3) is 0.192. The number of nitrogens with zero attached hydrogens (tertiary/aromatic N) is 6. The first kappa shape index (κ1) is 37.5. The van der Waals surface area contributed by atoms with Crippen LogP contribution in [0.25, 0.3) is 0 Å². The molecule has 0 radical (unpaired) electrons. The molecule has 6 heterocycles. The Morgan fingerprint density at radius 2 is 0.855 bits per heavy atom. The molecular formula is C52H44N6O4. The van der Waals surface area contributed by atoms with Gasteiger partial charge in [0.1, 0.15) is 45.7 Å². The molecule has 0 bridgehead atoms. The monoisotopic (exact) mass is 816 g/mol. The highest BCUT2D eigenvalue weighted by atomic mass is 16.5. The molecule has 10 nitrogen and oxygen atoms in total. The van der Waals surface area contributed by atoms with Gasteiger partial charge in [0.05, 0.1) is 0 Å². The van der Waals surface area contributed by atoms with Crippen molar-refractivity contribution >= 4 is 34.8 Å². The standard InChI is InChI=1S/C52H44N6O4/c1-5-55(6-2)33-23-25-39-43(29-33)61-45-32-46-42(31-41(45)51(39)37-19-11-9-17-35(37)49(59)57(51)47-21-13-15-27-53-47)52(40-26-24-34(30-44(40)62-46)56(7-3)8-4)38-20-12-10-18-36(38)50(60)58(52)48-22-14-16-28-54-48/h9-32H,5-8H2,1-4H3. The Hall–Kier alpha value is -7.46. The Morgan fingerprint density at radius 1 is 0.452 bits per heavy atom. The molecule has 4 aliphatic heterocycles. The summed E-state index contributed by atoms with van der Waals surface area (Å²) in [6.07, 6.45) is 3.43. The highest BCUT2D eigenvalue weighted by Crippen LogP contribution is 2.64. The molecule has 0 saturated carbocycles. The number of carbonyl (C=O) groups excluding carboxylic acids is 2. The molecule has 2 aromatic heterocycles. The summed E-state index contributed by atoms with van der Waals surface area (Å²) in [6, 6.07) is 43.6. The molecule has 2 amide bonds. The maximum Gasteiger partial charge on any atom is 0.261 e. The van der Waals surface area contributed by atoms with Crippen LogP contribution in [-0.4, -0.2) is 48.0 Å². The molecule has 11 rings (SSSR count). The van der Waals surface area contributed by atoms with Gasteiger partial charge in [0.25, 0.3) is 11.8 Å². The van der Waals surface area contributed by atoms with E-state index < -0.39 is 11.1 Å². The number of aromatic nitrogens is 2. The van der Waals surface area contributed by atoms with Crippen LogP contribution in [0.4, 0.5) is 23.0 Å². The Morgan fingerprint density at radius 3 is 1.26 bits per heavy atom. The van der Waals surface area contributed by atoms with Crippen LogP contribution in [0.2, 0.25) is 0 Å². The van der Waals surface area contributed by atoms with E-state index in [4.69, 9.17) is 19.4 Å². The maximum absolute atomic E-state index is 15.2. The van der Waals surface area contributed by atoms with Crippen molar-refractivity contribution < 1.29 is 19.1 Å². The minimum Gasteiger partial charge on any atom is -0.456 e. The van der Waals surface area contributed by atoms with Crippen LogP contribution in [0.5, 0.6) is 23.0 Å². The van der Waals surface area contributed by atoms with E-state index in [0.717, 1.165) is 59.8 Å². The van der Waals surface area contributed by atoms with Crippen LogP contribution in [0.3, 0.4) is 0 Å². The Balaban J connectivity index is 1.28. The number of amides is 2. The van der Waals surface area contributed by atoms with Crippen molar-refractivity contribution in [2.75, 3.05) is 45.8 Å². The van der Waals surface area contributed by atoms with Crippen molar-refractivity contribution in [3.8, 4) is 23.0 Å². The van der Waals surface area contributed by atoms with Gasteiger partial charge in [-0.2, -0.15) is 0 Å². The van der Waals surface area contributed by atoms with Crippen molar-refractivity contribution in [3.05, 3.63) is 190 Å². The molecule has 0 N–H and O–H groups in total. The van der Waals surface area contributed by atoms with Gasteiger partial charge in [0.2, 0.25) is 0 Å². The normalized spacial score (nSPS) is 18.6. The highest BCUT2D eigenvalue weighted by Gasteiger charge is 2.61. The van der Waals surface area contributed by atoms with Gasteiger partial charge >= 0.3 is 0 Å². The zero-order valence-corrected chi connectivity index (χ0v) is 35.0. The molecule has 4 aliphatic rings. The summed E-state index contributed by atoms with van der Waals surface area (Å²) in [5.41, 5.74) is 5.27. The lowest BCUT2D eigenvalue weighted by Gasteiger charge is -2.47. The average molecular weight is 817 g/mol. The minimum absolute atomic E-state index is 0.180. The second-order valence-corrected chi connectivity index (χ2v) is 15.9. The van der Waals surface area contributed by atoms with E-state index in [0.29, 0.717) is 56.9 Å². The molecule has 5 aromatic carbocycles. The minimum atomic E-state index is -1.26. The Kier molecular flexibility index (Phi) is 8.51. The lowest BCUT2D eigenvalue weighted by molar-refractivity contribution is 0.0977. The fourth-order valence-corrected chi connectivity index (χ4v) is 10.5. The molecule has 306 valence electrons. The molecule has 0 aliphatic carbocycles. The molecule has 10 heteroatoms. The third-order valence-electron chi connectivity index (χ3n) is 13.2. The third-order valence-corrected chi connectivity index (χ3v) is 13.2. The average Bonchev–Trinajstić information content (AvgIpc) is 3.72. The van der Waals surface area contributed by atoms with Gasteiger partial charge < -0.3 is 19.3 Å². The van der Waals surface area contributed by atoms with Crippen molar-refractivity contribution in [1.82, 2.24) is 9.97 Å². The van der Waals surface area contributed by atoms with Crippen molar-refractivity contribution in [3.63, 3.8) is 0 Å². The summed E-state index contributed by atoms with van der Waals surface area (Å²) in [7, 11) is 0. The first-order valence-corrected chi connectivity index (χ1v) is 21.4. The van der Waals surface area contributed by atoms with Crippen molar-refractivity contribution in [2.24, 2.45) is 0 Å². The van der Waals surface area contributed by atoms with Crippen LogP contribution in [0, 0.1) is 0 Å². The van der Waals surface area contributed by atoms with Crippen LogP contribution in [0.1, 0.15) is 81.8 Å². The van der Waals surface area contributed by atoms with E-state index in [1.165, 1.54) is 0 Å². The van der Waals surface area contributed by atoms with Crippen LogP contribution in [-0.2, 0) is 11.1 Å². The molecule has 7 aromatic rings. The molecule has 0 saturated heterocycles. The van der Waals surface area contributed by atoms with Gasteiger partial charge in [-0.3, -0.25) is 19.4 Å². The molecule has 2 unspecified atom stereocenters. The van der Waals surface area contributed by atoms with Crippen molar-refractivity contribution in [2.45, 2.75) is 38.8 Å². The largest absolute Gasteiger partial charge is 0.456 e. The first-order valence-electron chi connectivity index (χ1n) is 21.4. The highest BCUT2D eigenvalue weighted by molar-refractivity contribution is 6.15. The third kappa shape index (κ3) is 4.91. The second kappa shape index (κ2) is 14.1. The van der Waals surface area contributed by atoms with E-state index in [9.17, 15) is 0 Å². The van der Waals surface area contributed by atoms with Crippen molar-refractivity contribution in [1.29, 1.82) is 0 Å². The quantitative estimate of drug-likeness (QED) is 0.150. The van der Waals surface area contributed by atoms with Crippen LogP contribution >= 0.6 is 0 Å². The summed E-state index contributed by atoms with van der Waals surface area (Å²) in [6.45, 7) is 11.8. The molecule has 0 fully saturated rings. The van der Waals surface area contributed by atoms with Gasteiger partial charge in [-0.05, 0) is 82.3 Å². The zero-order chi connectivity index (χ0) is 42.3. The van der Waals surface area contributed by atoms with Gasteiger partial charge in [0, 0.05) is 113 Å². The molecular weight excluding hydrogens is 773 g/mol. The second-order valence-electron chi connectivity index (χ2n) is 15.9. The number of anilines is 4. The maximum atomic E-state index is 15.2. The molecule has 2 atom stereocenters. The van der Waals surface area contributed by atoms with Crippen LogP contribution < -0.4 is 29.1 Å². The summed E-state index contributed by atoms with van der Waals surface area (Å²) in [4.78, 5) is 48.3. The zero-order valence-electron chi connectivity index (χ0n) is 35.0. The number of fused-ring (bicyclic) bond motifs is 12. The Bertz CT molecular complexity index is 2750. The van der Waals surface area contributed by atoms with E-state index in [2.05, 4.69) is 80.0 Å². The number of carbonyl (C=O) groups is 2. The summed E-state index contributed by atoms with van der Waals surface area (Å²) >= 11 is 0. The van der Waals surface area contributed by atoms with E-state index in [1.54, 1.807) is 12.4 Å². The predicted molar refractivity (Wildman–Crippen MR) is 241 cm³/mol.